The molecule has 0 atom stereocenters. The third-order valence-corrected chi connectivity index (χ3v) is 5.25. The zero-order chi connectivity index (χ0) is 21.9. The molecule has 0 bridgehead atoms. The number of carbonyl (C=O) groups is 3. The number of ketones is 3. The van der Waals surface area contributed by atoms with Crippen LogP contribution in [0.2, 0.25) is 0 Å². The molecule has 0 unspecified atom stereocenters. The average molecular weight is 414 g/mol. The van der Waals surface area contributed by atoms with E-state index >= 15 is 0 Å². The number of nitrogens with zero attached hydrogens (tertiary/aromatic N) is 1. The van der Waals surface area contributed by atoms with Crippen molar-refractivity contribution in [3.05, 3.63) is 108 Å². The topological polar surface area (TPSA) is 54.5 Å². The van der Waals surface area contributed by atoms with Crippen molar-refractivity contribution in [3.8, 4) is 0 Å². The highest BCUT2D eigenvalue weighted by molar-refractivity contribution is 5.97. The first-order valence-corrected chi connectivity index (χ1v) is 10.6. The molecular weight excluding hydrogens is 386 g/mol. The zero-order valence-corrected chi connectivity index (χ0v) is 17.6. The van der Waals surface area contributed by atoms with Gasteiger partial charge in [-0.05, 0) is 0 Å². The van der Waals surface area contributed by atoms with E-state index in [1.54, 1.807) is 0 Å². The summed E-state index contributed by atoms with van der Waals surface area (Å²) in [5.74, 6) is 0.193. The fraction of sp³-hybridized carbons (Fsp3) is 0.222. The summed E-state index contributed by atoms with van der Waals surface area (Å²) in [7, 11) is 0. The number of hydrogen-bond donors (Lipinski definition) is 0. The lowest BCUT2D eigenvalue weighted by Crippen LogP contribution is -2.31. The first-order chi connectivity index (χ1) is 15.1. The number of carbonyl (C=O) groups excluding carboxylic acids is 3. The largest absolute Gasteiger partial charge is 0.302 e. The van der Waals surface area contributed by atoms with Crippen molar-refractivity contribution in [1.82, 2.24) is 4.90 Å². The van der Waals surface area contributed by atoms with Crippen molar-refractivity contribution in [2.75, 3.05) is 19.6 Å². The first kappa shape index (κ1) is 22.3. The lowest BCUT2D eigenvalue weighted by atomic mass is 10.1. The molecule has 0 aromatic heterocycles. The second-order valence-corrected chi connectivity index (χ2v) is 7.46. The standard InChI is InChI=1S/C27H27NO3/c29-25(22-10-4-1-5-11-22)16-19-28(20-17-26(30)23-12-6-2-7-13-23)21-18-27(31)24-14-8-3-9-15-24/h1-15H,16-21H2. The summed E-state index contributed by atoms with van der Waals surface area (Å²) in [5.41, 5.74) is 2.05. The third kappa shape index (κ3) is 7.12. The van der Waals surface area contributed by atoms with E-state index in [4.69, 9.17) is 0 Å². The summed E-state index contributed by atoms with van der Waals surface area (Å²) in [6.45, 7) is 1.54. The van der Waals surface area contributed by atoms with Crippen molar-refractivity contribution in [2.24, 2.45) is 0 Å². The lowest BCUT2D eigenvalue weighted by molar-refractivity contribution is 0.0932. The fourth-order valence-electron chi connectivity index (χ4n) is 3.42. The predicted octanol–water partition coefficient (Wildman–Crippen LogP) is 5.11. The molecule has 31 heavy (non-hydrogen) atoms. The highest BCUT2D eigenvalue weighted by Gasteiger charge is 2.15. The Morgan fingerprint density at radius 2 is 0.710 bits per heavy atom. The summed E-state index contributed by atoms with van der Waals surface area (Å²) in [6, 6.07) is 27.6. The summed E-state index contributed by atoms with van der Waals surface area (Å²) in [5, 5.41) is 0. The van der Waals surface area contributed by atoms with Crippen LogP contribution in [-0.2, 0) is 0 Å². The number of Topliss-reactive ketones (excluding diaryl/α,β-unsaturated/α-hetero) is 3. The Labute approximate surface area is 183 Å². The molecule has 3 aromatic carbocycles. The second kappa shape index (κ2) is 11.7. The minimum absolute atomic E-state index is 0.0642. The Balaban J connectivity index is 1.59. The van der Waals surface area contributed by atoms with Gasteiger partial charge in [0.1, 0.15) is 0 Å². The van der Waals surface area contributed by atoms with E-state index in [1.807, 2.05) is 95.9 Å². The van der Waals surface area contributed by atoms with Crippen molar-refractivity contribution >= 4 is 17.3 Å². The van der Waals surface area contributed by atoms with Gasteiger partial charge < -0.3 is 4.90 Å². The maximum Gasteiger partial charge on any atom is 0.164 e. The fourth-order valence-corrected chi connectivity index (χ4v) is 3.42. The average Bonchev–Trinajstić information content (AvgIpc) is 2.84. The minimum Gasteiger partial charge on any atom is -0.302 e. The Morgan fingerprint density at radius 3 is 0.968 bits per heavy atom. The van der Waals surface area contributed by atoms with E-state index < -0.39 is 0 Å². The van der Waals surface area contributed by atoms with E-state index in [9.17, 15) is 14.4 Å². The van der Waals surface area contributed by atoms with Crippen molar-refractivity contribution in [2.45, 2.75) is 19.3 Å². The molecule has 0 amide bonds. The molecule has 0 aliphatic rings. The van der Waals surface area contributed by atoms with Crippen LogP contribution in [0.5, 0.6) is 0 Å². The van der Waals surface area contributed by atoms with Crippen molar-refractivity contribution < 1.29 is 14.4 Å². The number of hydrogen-bond acceptors (Lipinski definition) is 4. The van der Waals surface area contributed by atoms with Gasteiger partial charge in [-0.2, -0.15) is 0 Å². The van der Waals surface area contributed by atoms with Gasteiger partial charge in [0.15, 0.2) is 17.3 Å². The third-order valence-electron chi connectivity index (χ3n) is 5.25. The molecule has 3 aromatic rings. The Bertz CT molecular complexity index is 853. The van der Waals surface area contributed by atoms with Gasteiger partial charge in [-0.3, -0.25) is 14.4 Å². The van der Waals surface area contributed by atoms with Crippen LogP contribution in [0.4, 0.5) is 0 Å². The van der Waals surface area contributed by atoms with Gasteiger partial charge in [0.05, 0.1) is 0 Å². The van der Waals surface area contributed by atoms with Crippen molar-refractivity contribution in [1.29, 1.82) is 0 Å². The van der Waals surface area contributed by atoms with Crippen LogP contribution in [0.3, 0.4) is 0 Å². The smallest absolute Gasteiger partial charge is 0.164 e. The zero-order valence-electron chi connectivity index (χ0n) is 17.6. The molecule has 0 heterocycles. The normalized spacial score (nSPS) is 10.7. The highest BCUT2D eigenvalue weighted by atomic mass is 16.1. The van der Waals surface area contributed by atoms with Gasteiger partial charge in [0.25, 0.3) is 0 Å². The predicted molar refractivity (Wildman–Crippen MR) is 123 cm³/mol. The molecule has 4 heteroatoms. The molecule has 0 saturated carbocycles. The second-order valence-electron chi connectivity index (χ2n) is 7.46. The molecule has 0 N–H and O–H groups in total. The van der Waals surface area contributed by atoms with Gasteiger partial charge in [0, 0.05) is 55.6 Å². The summed E-state index contributed by atoms with van der Waals surface area (Å²) < 4.78 is 0. The van der Waals surface area contributed by atoms with Crippen LogP contribution in [0.1, 0.15) is 50.3 Å². The number of benzene rings is 3. The summed E-state index contributed by atoms with van der Waals surface area (Å²) in [4.78, 5) is 39.6. The Kier molecular flexibility index (Phi) is 8.44. The molecule has 158 valence electrons. The van der Waals surface area contributed by atoms with Crippen LogP contribution in [0.25, 0.3) is 0 Å². The molecule has 4 nitrogen and oxygen atoms in total. The molecule has 0 radical (unpaired) electrons. The maximum absolute atomic E-state index is 12.5. The summed E-state index contributed by atoms with van der Waals surface area (Å²) in [6.07, 6.45) is 1.05. The quantitative estimate of drug-likeness (QED) is 0.387. The highest BCUT2D eigenvalue weighted by Crippen LogP contribution is 2.10. The van der Waals surface area contributed by atoms with E-state index in [0.29, 0.717) is 55.6 Å². The Hall–Kier alpha value is -3.37. The van der Waals surface area contributed by atoms with Gasteiger partial charge in [-0.1, -0.05) is 91.0 Å². The SMILES string of the molecule is O=C(CCN(CCC(=O)c1ccccc1)CCC(=O)c1ccccc1)c1ccccc1. The monoisotopic (exact) mass is 413 g/mol. The number of rotatable bonds is 12. The summed E-state index contributed by atoms with van der Waals surface area (Å²) >= 11 is 0. The molecule has 3 rings (SSSR count). The van der Waals surface area contributed by atoms with E-state index in [1.165, 1.54) is 0 Å². The Morgan fingerprint density at radius 1 is 0.452 bits per heavy atom. The molecule has 0 saturated heterocycles. The lowest BCUT2D eigenvalue weighted by Gasteiger charge is -2.21. The van der Waals surface area contributed by atoms with Gasteiger partial charge >= 0.3 is 0 Å². The minimum atomic E-state index is 0.0642. The van der Waals surface area contributed by atoms with E-state index in [2.05, 4.69) is 0 Å². The van der Waals surface area contributed by atoms with Crippen LogP contribution >= 0.6 is 0 Å². The molecule has 0 fully saturated rings. The maximum atomic E-state index is 12.5. The van der Waals surface area contributed by atoms with Crippen LogP contribution in [-0.4, -0.2) is 41.9 Å². The molecule has 0 aliphatic heterocycles. The van der Waals surface area contributed by atoms with E-state index in [0.717, 1.165) is 0 Å². The van der Waals surface area contributed by atoms with Crippen molar-refractivity contribution in [3.63, 3.8) is 0 Å². The molecular formula is C27H27NO3. The molecule has 0 spiro atoms. The van der Waals surface area contributed by atoms with Crippen LogP contribution in [0.15, 0.2) is 91.0 Å². The first-order valence-electron chi connectivity index (χ1n) is 10.6. The van der Waals surface area contributed by atoms with Crippen LogP contribution < -0.4 is 0 Å². The van der Waals surface area contributed by atoms with Gasteiger partial charge in [-0.25, -0.2) is 0 Å². The van der Waals surface area contributed by atoms with E-state index in [-0.39, 0.29) is 17.3 Å². The molecule has 0 aliphatic carbocycles. The van der Waals surface area contributed by atoms with Gasteiger partial charge in [0.2, 0.25) is 0 Å². The van der Waals surface area contributed by atoms with Crippen LogP contribution in [0, 0.1) is 0 Å². The van der Waals surface area contributed by atoms with Gasteiger partial charge in [-0.15, -0.1) is 0 Å².